The molecule has 1 fully saturated rings. The number of rotatable bonds is 10. The van der Waals surface area contributed by atoms with Gasteiger partial charge in [0.25, 0.3) is 0 Å². The van der Waals surface area contributed by atoms with Crippen molar-refractivity contribution >= 4 is 35.3 Å². The average Bonchev–Trinajstić information content (AvgIpc) is 2.83. The Morgan fingerprint density at radius 3 is 2.79 bits per heavy atom. The number of nitrogens with zero attached hydrogens (tertiary/aromatic N) is 4. The Labute approximate surface area is 208 Å². The number of ether oxygens (including phenoxy) is 2. The lowest BCUT2D eigenvalue weighted by Crippen LogP contribution is -2.53. The zero-order valence-corrected chi connectivity index (χ0v) is 21.6. The third kappa shape index (κ3) is 6.95. The van der Waals surface area contributed by atoms with Crippen molar-refractivity contribution in [1.82, 2.24) is 19.8 Å². The van der Waals surface area contributed by atoms with Crippen LogP contribution in [-0.2, 0) is 9.47 Å². The minimum absolute atomic E-state index is 0.377. The van der Waals surface area contributed by atoms with Gasteiger partial charge < -0.3 is 19.7 Å². The quantitative estimate of drug-likeness (QED) is 0.464. The van der Waals surface area contributed by atoms with Gasteiger partial charge in [0, 0.05) is 48.4 Å². The number of hydrogen-bond acceptors (Lipinski definition) is 7. The Balaban J connectivity index is 1.85. The molecule has 2 heterocycles. The van der Waals surface area contributed by atoms with Gasteiger partial charge in [-0.2, -0.15) is 0 Å². The lowest BCUT2D eigenvalue weighted by atomic mass is 10.1. The Morgan fingerprint density at radius 1 is 1.26 bits per heavy atom. The predicted molar refractivity (Wildman–Crippen MR) is 140 cm³/mol. The molecule has 0 spiro atoms. The number of nitrogens with one attached hydrogen (secondary N) is 1. The number of hydrogen-bond donors (Lipinski definition) is 1. The van der Waals surface area contributed by atoms with Gasteiger partial charge in [0.05, 0.1) is 30.9 Å². The lowest BCUT2D eigenvalue weighted by Gasteiger charge is -2.39. The SMILES string of the molecule is CC/C(=C\c1ncnc(Nc2ccc(Cl)c(C)c2)c1/C=C/OC)OCC1CN(C)CCN1CC. The van der Waals surface area contributed by atoms with Crippen molar-refractivity contribution < 1.29 is 9.47 Å². The zero-order chi connectivity index (χ0) is 24.5. The first-order valence-corrected chi connectivity index (χ1v) is 12.2. The molecule has 1 atom stereocenters. The number of aryl methyl sites for hydroxylation is 1. The normalized spacial score (nSPS) is 17.8. The van der Waals surface area contributed by atoms with E-state index >= 15 is 0 Å². The largest absolute Gasteiger partial charge is 0.504 e. The van der Waals surface area contributed by atoms with Crippen LogP contribution < -0.4 is 5.32 Å². The second kappa shape index (κ2) is 12.7. The summed E-state index contributed by atoms with van der Waals surface area (Å²) in [5.74, 6) is 1.57. The molecular weight excluding hydrogens is 450 g/mol. The number of allylic oxidation sites excluding steroid dienone is 1. The molecule has 0 aliphatic carbocycles. The predicted octanol–water partition coefficient (Wildman–Crippen LogP) is 5.20. The van der Waals surface area contributed by atoms with Crippen molar-refractivity contribution in [3.05, 3.63) is 58.4 Å². The maximum Gasteiger partial charge on any atom is 0.141 e. The van der Waals surface area contributed by atoms with E-state index in [0.717, 1.165) is 65.9 Å². The van der Waals surface area contributed by atoms with Gasteiger partial charge in [-0.15, -0.1) is 0 Å². The van der Waals surface area contributed by atoms with E-state index in [2.05, 4.69) is 46.0 Å². The third-order valence-corrected chi connectivity index (χ3v) is 6.45. The lowest BCUT2D eigenvalue weighted by molar-refractivity contribution is 0.0413. The summed E-state index contributed by atoms with van der Waals surface area (Å²) in [6.07, 6.45) is 7.81. The van der Waals surface area contributed by atoms with Crippen molar-refractivity contribution in [2.75, 3.05) is 52.3 Å². The molecule has 0 saturated carbocycles. The van der Waals surface area contributed by atoms with E-state index < -0.39 is 0 Å². The molecule has 2 aromatic rings. The van der Waals surface area contributed by atoms with Gasteiger partial charge >= 0.3 is 0 Å². The second-order valence-corrected chi connectivity index (χ2v) is 8.88. The summed E-state index contributed by atoms with van der Waals surface area (Å²) in [6.45, 7) is 11.1. The number of halogens is 1. The van der Waals surface area contributed by atoms with Crippen LogP contribution >= 0.6 is 11.6 Å². The van der Waals surface area contributed by atoms with Crippen molar-refractivity contribution in [3.8, 4) is 0 Å². The molecule has 1 aliphatic rings. The third-order valence-electron chi connectivity index (χ3n) is 6.03. The molecule has 7 nitrogen and oxygen atoms in total. The van der Waals surface area contributed by atoms with Gasteiger partial charge in [-0.1, -0.05) is 25.4 Å². The maximum absolute atomic E-state index is 6.30. The molecule has 1 aromatic carbocycles. The molecular formula is C26H36ClN5O2. The molecule has 1 unspecified atom stereocenters. The molecule has 8 heteroatoms. The highest BCUT2D eigenvalue weighted by molar-refractivity contribution is 6.31. The Kier molecular flexibility index (Phi) is 9.74. The van der Waals surface area contributed by atoms with Crippen molar-refractivity contribution in [2.45, 2.75) is 33.2 Å². The molecule has 184 valence electrons. The van der Waals surface area contributed by atoms with E-state index in [-0.39, 0.29) is 0 Å². The minimum Gasteiger partial charge on any atom is -0.504 e. The fourth-order valence-electron chi connectivity index (χ4n) is 4.01. The molecule has 1 aromatic heterocycles. The molecule has 1 aliphatic heterocycles. The zero-order valence-electron chi connectivity index (χ0n) is 20.8. The highest BCUT2D eigenvalue weighted by atomic mass is 35.5. The van der Waals surface area contributed by atoms with Crippen LogP contribution in [0.4, 0.5) is 11.5 Å². The first-order chi connectivity index (χ1) is 16.4. The Morgan fingerprint density at radius 2 is 2.09 bits per heavy atom. The Bertz CT molecular complexity index is 1010. The number of aromatic nitrogens is 2. The molecule has 1 N–H and O–H groups in total. The van der Waals surface area contributed by atoms with Crippen LogP contribution in [-0.4, -0.2) is 72.8 Å². The summed E-state index contributed by atoms with van der Waals surface area (Å²) >= 11 is 6.19. The smallest absolute Gasteiger partial charge is 0.141 e. The number of piperazine rings is 1. The fourth-order valence-corrected chi connectivity index (χ4v) is 4.13. The summed E-state index contributed by atoms with van der Waals surface area (Å²) in [5.41, 5.74) is 3.47. The molecule has 0 amide bonds. The summed E-state index contributed by atoms with van der Waals surface area (Å²) in [6, 6.07) is 6.17. The van der Waals surface area contributed by atoms with Gasteiger partial charge in [0.1, 0.15) is 18.8 Å². The van der Waals surface area contributed by atoms with Crippen molar-refractivity contribution in [1.29, 1.82) is 0 Å². The van der Waals surface area contributed by atoms with Crippen molar-refractivity contribution in [2.24, 2.45) is 0 Å². The van der Waals surface area contributed by atoms with Crippen molar-refractivity contribution in [3.63, 3.8) is 0 Å². The first-order valence-electron chi connectivity index (χ1n) is 11.8. The molecule has 0 bridgehead atoms. The topological polar surface area (TPSA) is 62.8 Å². The molecule has 1 saturated heterocycles. The Hall–Kier alpha value is -2.61. The van der Waals surface area contributed by atoms with Crippen LogP contribution in [0.5, 0.6) is 0 Å². The summed E-state index contributed by atoms with van der Waals surface area (Å²) in [7, 11) is 3.79. The van der Waals surface area contributed by atoms with Gasteiger partial charge in [-0.25, -0.2) is 9.97 Å². The number of anilines is 2. The first kappa shape index (κ1) is 26.0. The fraction of sp³-hybridized carbons (Fsp3) is 0.462. The minimum atomic E-state index is 0.377. The maximum atomic E-state index is 6.30. The summed E-state index contributed by atoms with van der Waals surface area (Å²) in [5, 5.41) is 4.11. The van der Waals surface area contributed by atoms with E-state index in [9.17, 15) is 0 Å². The van der Waals surface area contributed by atoms with Gasteiger partial charge in [-0.05, 0) is 50.4 Å². The van der Waals surface area contributed by atoms with E-state index in [1.54, 1.807) is 19.7 Å². The molecule has 0 radical (unpaired) electrons. The molecule has 34 heavy (non-hydrogen) atoms. The van der Waals surface area contributed by atoms with Crippen LogP contribution in [0.2, 0.25) is 5.02 Å². The number of benzene rings is 1. The van der Waals surface area contributed by atoms with Gasteiger partial charge in [0.15, 0.2) is 0 Å². The number of likely N-dealkylation sites (N-methyl/N-ethyl adjacent to an activating group) is 2. The standard InChI is InChI=1S/C26H36ClN5O2/c1-6-22(34-17-21-16-31(4)11-12-32(21)7-2)15-25-23(10-13-33-5)26(29-18-28-25)30-20-8-9-24(27)19(3)14-20/h8-10,13-15,18,21H,6-7,11-12,16-17H2,1-5H3,(H,28,29,30)/b13-10+,22-15+. The van der Waals surface area contributed by atoms with Gasteiger partial charge in [0.2, 0.25) is 0 Å². The highest BCUT2D eigenvalue weighted by Gasteiger charge is 2.24. The van der Waals surface area contributed by atoms with E-state index in [0.29, 0.717) is 18.5 Å². The highest BCUT2D eigenvalue weighted by Crippen LogP contribution is 2.26. The van der Waals surface area contributed by atoms with Crippen LogP contribution in [0.3, 0.4) is 0 Å². The average molecular weight is 486 g/mol. The van der Waals surface area contributed by atoms with Crippen LogP contribution in [0.1, 0.15) is 37.1 Å². The van der Waals surface area contributed by atoms with Gasteiger partial charge in [-0.3, -0.25) is 4.90 Å². The second-order valence-electron chi connectivity index (χ2n) is 8.47. The van der Waals surface area contributed by atoms with E-state index in [1.165, 1.54) is 0 Å². The monoisotopic (exact) mass is 485 g/mol. The van der Waals surface area contributed by atoms with E-state index in [1.807, 2.05) is 37.3 Å². The van der Waals surface area contributed by atoms with Crippen LogP contribution in [0, 0.1) is 6.92 Å². The van der Waals surface area contributed by atoms with E-state index in [4.69, 9.17) is 21.1 Å². The van der Waals surface area contributed by atoms with Crippen LogP contribution in [0.15, 0.2) is 36.5 Å². The number of methoxy groups -OCH3 is 1. The molecule has 3 rings (SSSR count). The van der Waals surface area contributed by atoms with Crippen LogP contribution in [0.25, 0.3) is 12.2 Å². The summed E-state index contributed by atoms with van der Waals surface area (Å²) < 4.78 is 11.5. The summed E-state index contributed by atoms with van der Waals surface area (Å²) in [4.78, 5) is 13.9.